The Morgan fingerprint density at radius 2 is 1.72 bits per heavy atom. The largest absolute Gasteiger partial charge is 0.258 e. The normalized spacial score (nSPS) is 15.7. The van der Waals surface area contributed by atoms with Gasteiger partial charge in [-0.2, -0.15) is 0 Å². The van der Waals surface area contributed by atoms with Crippen LogP contribution < -0.4 is 4.72 Å². The first-order valence-electron chi connectivity index (χ1n) is 5.43. The number of nitrogens with one attached hydrogen (secondary N) is 1. The highest BCUT2D eigenvalue weighted by atomic mass is 79.9. The Morgan fingerprint density at radius 3 is 2.11 bits per heavy atom. The van der Waals surface area contributed by atoms with Crippen molar-refractivity contribution in [3.8, 4) is 0 Å². The molecule has 0 aliphatic rings. The molecule has 0 unspecified atom stereocenters. The highest BCUT2D eigenvalue weighted by molar-refractivity contribution is 9.10. The van der Waals surface area contributed by atoms with Crippen LogP contribution in [0.25, 0.3) is 0 Å². The number of hydrogen-bond acceptors (Lipinski definition) is 1. The van der Waals surface area contributed by atoms with Crippen LogP contribution in [0.1, 0.15) is 32.4 Å². The van der Waals surface area contributed by atoms with Crippen molar-refractivity contribution in [3.63, 3.8) is 0 Å². The van der Waals surface area contributed by atoms with Gasteiger partial charge in [0.2, 0.25) is 0 Å². The molecule has 0 fully saturated rings. The molecule has 6 heteroatoms. The highest BCUT2D eigenvalue weighted by Gasteiger charge is 2.28. The van der Waals surface area contributed by atoms with E-state index < -0.39 is 28.2 Å². The molecule has 1 aromatic carbocycles. The van der Waals surface area contributed by atoms with Crippen molar-refractivity contribution in [2.75, 3.05) is 0 Å². The predicted molar refractivity (Wildman–Crippen MR) is 73.9 cm³/mol. The minimum atomic E-state index is -2.61. The van der Waals surface area contributed by atoms with E-state index in [9.17, 15) is 13.0 Å². The summed E-state index contributed by atoms with van der Waals surface area (Å²) in [4.78, 5) is 0. The molecule has 2 atom stereocenters. The average molecular weight is 340 g/mol. The summed E-state index contributed by atoms with van der Waals surface area (Å²) < 4.78 is 40.7. The molecule has 0 saturated carbocycles. The molecule has 0 heterocycles. The Morgan fingerprint density at radius 1 is 1.22 bits per heavy atom. The van der Waals surface area contributed by atoms with E-state index in [0.29, 0.717) is 5.56 Å². The number of halogens is 3. The molecule has 0 spiro atoms. The summed E-state index contributed by atoms with van der Waals surface area (Å²) in [6.45, 7) is 5.21. The van der Waals surface area contributed by atoms with Crippen LogP contribution in [0.3, 0.4) is 0 Å². The van der Waals surface area contributed by atoms with Gasteiger partial charge in [-0.05, 0) is 38.5 Å². The Balaban J connectivity index is 2.91. The van der Waals surface area contributed by atoms with Crippen molar-refractivity contribution >= 4 is 26.9 Å². The van der Waals surface area contributed by atoms with Gasteiger partial charge >= 0.3 is 0 Å². The molecule has 0 amide bonds. The van der Waals surface area contributed by atoms with Crippen molar-refractivity contribution in [2.24, 2.45) is 0 Å². The van der Waals surface area contributed by atoms with Crippen LogP contribution in [-0.4, -0.2) is 15.4 Å². The van der Waals surface area contributed by atoms with Crippen LogP contribution >= 0.6 is 15.9 Å². The zero-order chi connectivity index (χ0) is 13.9. The predicted octanol–water partition coefficient (Wildman–Crippen LogP) is 3.81. The quantitative estimate of drug-likeness (QED) is 0.887. The van der Waals surface area contributed by atoms with Gasteiger partial charge in [-0.1, -0.05) is 28.1 Å². The van der Waals surface area contributed by atoms with Gasteiger partial charge in [0.05, 0.1) is 15.7 Å². The number of hydrogen-bond donors (Lipinski definition) is 1. The summed E-state index contributed by atoms with van der Waals surface area (Å²) in [5.41, 5.74) is 0.422. The van der Waals surface area contributed by atoms with E-state index in [2.05, 4.69) is 20.7 Å². The van der Waals surface area contributed by atoms with Crippen LogP contribution in [0.15, 0.2) is 28.7 Å². The van der Waals surface area contributed by atoms with E-state index in [1.807, 2.05) is 0 Å². The Hall–Kier alpha value is -0.330. The maximum Gasteiger partial charge on any atom is 0.258 e. The van der Waals surface area contributed by atoms with Crippen LogP contribution in [0.2, 0.25) is 0 Å². The van der Waals surface area contributed by atoms with Gasteiger partial charge in [-0.15, -0.1) is 0 Å². The molecule has 0 bridgehead atoms. The first kappa shape index (κ1) is 15.7. The first-order valence-corrected chi connectivity index (χ1v) is 7.38. The third kappa shape index (κ3) is 4.40. The van der Waals surface area contributed by atoms with Crippen LogP contribution in [0.5, 0.6) is 0 Å². The van der Waals surface area contributed by atoms with E-state index in [4.69, 9.17) is 0 Å². The average Bonchev–Trinajstić information content (AvgIpc) is 2.25. The molecule has 0 aliphatic carbocycles. The van der Waals surface area contributed by atoms with E-state index >= 15 is 0 Å². The third-order valence-corrected chi connectivity index (χ3v) is 4.38. The van der Waals surface area contributed by atoms with Crippen LogP contribution in [-0.2, 0) is 11.0 Å². The topological polar surface area (TPSA) is 29.1 Å². The maximum atomic E-state index is 13.0. The van der Waals surface area contributed by atoms with Crippen LogP contribution in [0, 0.1) is 0 Å². The summed E-state index contributed by atoms with van der Waals surface area (Å²) >= 11 is 3.25. The number of benzene rings is 1. The van der Waals surface area contributed by atoms with E-state index in [1.165, 1.54) is 0 Å². The Kier molecular flexibility index (Phi) is 5.43. The fourth-order valence-electron chi connectivity index (χ4n) is 1.23. The van der Waals surface area contributed by atoms with Crippen LogP contribution in [0.4, 0.5) is 8.78 Å². The number of rotatable bonds is 4. The van der Waals surface area contributed by atoms with Crippen molar-refractivity contribution in [1.82, 2.24) is 4.72 Å². The second kappa shape index (κ2) is 6.21. The monoisotopic (exact) mass is 339 g/mol. The lowest BCUT2D eigenvalue weighted by Gasteiger charge is -2.24. The minimum Gasteiger partial charge on any atom is -0.242 e. The van der Waals surface area contributed by atoms with Gasteiger partial charge < -0.3 is 0 Å². The molecule has 102 valence electrons. The molecular weight excluding hydrogens is 324 g/mol. The van der Waals surface area contributed by atoms with Crippen molar-refractivity contribution in [3.05, 3.63) is 34.3 Å². The standard InChI is InChI=1S/C12H16BrF2NOS/c1-12(2,3)18(17)16-10(11(14)15)8-4-6-9(13)7-5-8/h4-7,10-11,16H,1-3H3/t10-,18+/m1/s1. The van der Waals surface area contributed by atoms with E-state index in [1.54, 1.807) is 45.0 Å². The minimum absolute atomic E-state index is 0.422. The Labute approximate surface area is 117 Å². The smallest absolute Gasteiger partial charge is 0.242 e. The first-order chi connectivity index (χ1) is 8.21. The molecule has 18 heavy (non-hydrogen) atoms. The Bertz CT molecular complexity index is 417. The molecule has 2 nitrogen and oxygen atoms in total. The molecular formula is C12H16BrF2NOS. The lowest BCUT2D eigenvalue weighted by molar-refractivity contribution is 0.109. The summed E-state index contributed by atoms with van der Waals surface area (Å²) in [5, 5.41) is 0. The van der Waals surface area contributed by atoms with Gasteiger partial charge in [0.15, 0.2) is 0 Å². The molecule has 0 radical (unpaired) electrons. The maximum absolute atomic E-state index is 13.0. The second-order valence-electron chi connectivity index (χ2n) is 4.86. The van der Waals surface area contributed by atoms with Gasteiger partial charge in [-0.25, -0.2) is 17.7 Å². The van der Waals surface area contributed by atoms with Gasteiger partial charge in [0.25, 0.3) is 6.43 Å². The summed E-state index contributed by atoms with van der Waals surface area (Å²) in [6, 6.07) is 5.33. The van der Waals surface area contributed by atoms with Gasteiger partial charge in [-0.3, -0.25) is 0 Å². The highest BCUT2D eigenvalue weighted by Crippen LogP contribution is 2.24. The number of alkyl halides is 2. The molecule has 1 N–H and O–H groups in total. The summed E-state index contributed by atoms with van der Waals surface area (Å²) in [7, 11) is -1.54. The molecule has 1 rings (SSSR count). The fraction of sp³-hybridized carbons (Fsp3) is 0.500. The van der Waals surface area contributed by atoms with E-state index in [-0.39, 0.29) is 0 Å². The van der Waals surface area contributed by atoms with Crippen molar-refractivity contribution in [1.29, 1.82) is 0 Å². The molecule has 1 aromatic rings. The van der Waals surface area contributed by atoms with E-state index in [0.717, 1.165) is 4.47 Å². The lowest BCUT2D eigenvalue weighted by Crippen LogP contribution is -2.38. The van der Waals surface area contributed by atoms with Crippen molar-refractivity contribution in [2.45, 2.75) is 38.0 Å². The summed E-state index contributed by atoms with van der Waals surface area (Å²) in [5.74, 6) is 0. The zero-order valence-electron chi connectivity index (χ0n) is 10.4. The van der Waals surface area contributed by atoms with Crippen molar-refractivity contribution < 1.29 is 13.0 Å². The molecule has 0 saturated heterocycles. The lowest BCUT2D eigenvalue weighted by atomic mass is 10.1. The zero-order valence-corrected chi connectivity index (χ0v) is 12.8. The summed E-state index contributed by atoms with van der Waals surface area (Å²) in [6.07, 6.45) is -2.61. The second-order valence-corrected chi connectivity index (χ2v) is 7.78. The molecule has 0 aromatic heterocycles. The SMILES string of the molecule is CC(C)(C)[S@](=O)N[C@H](c1ccc(Br)cc1)C(F)F. The van der Waals surface area contributed by atoms with Gasteiger partial charge in [0, 0.05) is 4.47 Å². The fourth-order valence-corrected chi connectivity index (χ4v) is 2.31. The third-order valence-electron chi connectivity index (χ3n) is 2.27. The van der Waals surface area contributed by atoms with Gasteiger partial charge in [0.1, 0.15) is 6.04 Å². The molecule has 0 aliphatic heterocycles.